The summed E-state index contributed by atoms with van der Waals surface area (Å²) < 4.78 is 10.7. The molecule has 19 heavy (non-hydrogen) atoms. The minimum Gasteiger partial charge on any atom is -0.484 e. The van der Waals surface area contributed by atoms with Crippen molar-refractivity contribution in [2.24, 2.45) is 0 Å². The van der Waals surface area contributed by atoms with E-state index in [9.17, 15) is 0 Å². The van der Waals surface area contributed by atoms with Crippen molar-refractivity contribution in [3.8, 4) is 5.75 Å². The summed E-state index contributed by atoms with van der Waals surface area (Å²) in [6.45, 7) is 2.88. The van der Waals surface area contributed by atoms with E-state index >= 15 is 0 Å². The van der Waals surface area contributed by atoms with Crippen LogP contribution >= 0.6 is 11.6 Å². The zero-order chi connectivity index (χ0) is 13.7. The summed E-state index contributed by atoms with van der Waals surface area (Å²) in [7, 11) is 1.87. The van der Waals surface area contributed by atoms with Gasteiger partial charge in [0.05, 0.1) is 5.02 Å². The van der Waals surface area contributed by atoms with E-state index < -0.39 is 0 Å². The van der Waals surface area contributed by atoms with E-state index in [0.29, 0.717) is 35.5 Å². The molecule has 0 spiro atoms. The topological polar surface area (TPSA) is 60.2 Å². The van der Waals surface area contributed by atoms with Crippen LogP contribution in [0, 0.1) is 0 Å². The average molecular weight is 282 g/mol. The fourth-order valence-corrected chi connectivity index (χ4v) is 1.92. The molecule has 0 fully saturated rings. The molecule has 0 atom stereocenters. The number of rotatable bonds is 6. The molecule has 0 aliphatic heterocycles. The first-order valence-electron chi connectivity index (χ1n) is 6.10. The molecule has 1 aromatic heterocycles. The number of benzene rings is 1. The summed E-state index contributed by atoms with van der Waals surface area (Å²) in [5, 5.41) is 7.49. The van der Waals surface area contributed by atoms with Crippen LogP contribution in [-0.4, -0.2) is 17.2 Å². The molecule has 2 rings (SSSR count). The molecule has 6 heteroatoms. The van der Waals surface area contributed by atoms with Crippen LogP contribution in [0.2, 0.25) is 5.02 Å². The standard InChI is InChI=1S/C13H16ClN3O2/c1-3-12-16-11(17-19-12)8-18-13-9(7-15-2)5-4-6-10(13)14/h4-6,15H,3,7-8H2,1-2H3. The molecular formula is C13H16ClN3O2. The molecule has 1 heterocycles. The Labute approximate surface area is 116 Å². The molecule has 1 N–H and O–H groups in total. The molecule has 1 aromatic carbocycles. The van der Waals surface area contributed by atoms with Gasteiger partial charge in [0.2, 0.25) is 11.7 Å². The van der Waals surface area contributed by atoms with Crippen LogP contribution in [0.1, 0.15) is 24.2 Å². The molecule has 0 aliphatic rings. The first-order valence-corrected chi connectivity index (χ1v) is 6.48. The van der Waals surface area contributed by atoms with Gasteiger partial charge in [-0.3, -0.25) is 0 Å². The molecule has 0 aliphatic carbocycles. The number of para-hydroxylation sites is 1. The van der Waals surface area contributed by atoms with E-state index in [1.165, 1.54) is 0 Å². The second-order valence-electron chi connectivity index (χ2n) is 4.00. The molecule has 5 nitrogen and oxygen atoms in total. The lowest BCUT2D eigenvalue weighted by molar-refractivity contribution is 0.282. The van der Waals surface area contributed by atoms with Crippen molar-refractivity contribution in [2.45, 2.75) is 26.5 Å². The second kappa shape index (κ2) is 6.54. The molecule has 102 valence electrons. The minimum absolute atomic E-state index is 0.240. The number of aryl methyl sites for hydroxylation is 1. The lowest BCUT2D eigenvalue weighted by Crippen LogP contribution is -2.08. The highest BCUT2D eigenvalue weighted by atomic mass is 35.5. The molecular weight excluding hydrogens is 266 g/mol. The normalized spacial score (nSPS) is 10.7. The number of aromatic nitrogens is 2. The van der Waals surface area contributed by atoms with Gasteiger partial charge in [0.1, 0.15) is 5.75 Å². The number of hydrogen-bond acceptors (Lipinski definition) is 5. The molecule has 0 bridgehead atoms. The van der Waals surface area contributed by atoms with Crippen molar-refractivity contribution < 1.29 is 9.26 Å². The predicted octanol–water partition coefficient (Wildman–Crippen LogP) is 2.58. The number of nitrogens with one attached hydrogen (secondary N) is 1. The van der Waals surface area contributed by atoms with E-state index in [1.54, 1.807) is 6.07 Å². The maximum absolute atomic E-state index is 6.15. The molecule has 0 saturated carbocycles. The van der Waals surface area contributed by atoms with Crippen molar-refractivity contribution >= 4 is 11.6 Å². The molecule has 0 unspecified atom stereocenters. The Balaban J connectivity index is 2.09. The molecule has 0 saturated heterocycles. The smallest absolute Gasteiger partial charge is 0.226 e. The highest BCUT2D eigenvalue weighted by molar-refractivity contribution is 6.32. The summed E-state index contributed by atoms with van der Waals surface area (Å²) in [6.07, 6.45) is 0.712. The number of nitrogens with zero attached hydrogens (tertiary/aromatic N) is 2. The molecule has 0 amide bonds. The van der Waals surface area contributed by atoms with Crippen LogP contribution < -0.4 is 10.1 Å². The third-order valence-corrected chi connectivity index (χ3v) is 2.87. The summed E-state index contributed by atoms with van der Waals surface area (Å²) in [4.78, 5) is 4.19. The Morgan fingerprint density at radius 1 is 1.42 bits per heavy atom. The number of halogens is 1. The highest BCUT2D eigenvalue weighted by Gasteiger charge is 2.10. The Kier molecular flexibility index (Phi) is 4.76. The zero-order valence-corrected chi connectivity index (χ0v) is 11.7. The highest BCUT2D eigenvalue weighted by Crippen LogP contribution is 2.29. The minimum atomic E-state index is 0.240. The average Bonchev–Trinajstić information content (AvgIpc) is 2.86. The quantitative estimate of drug-likeness (QED) is 0.882. The van der Waals surface area contributed by atoms with E-state index in [2.05, 4.69) is 15.5 Å². The Morgan fingerprint density at radius 3 is 2.95 bits per heavy atom. The summed E-state index contributed by atoms with van der Waals surface area (Å²) in [5.74, 6) is 1.78. The fraction of sp³-hybridized carbons (Fsp3) is 0.385. The van der Waals surface area contributed by atoms with Crippen molar-refractivity contribution in [1.82, 2.24) is 15.5 Å². The van der Waals surface area contributed by atoms with E-state index in [0.717, 1.165) is 5.56 Å². The Hall–Kier alpha value is -1.59. The Morgan fingerprint density at radius 2 is 2.26 bits per heavy atom. The maximum Gasteiger partial charge on any atom is 0.226 e. The Bertz CT molecular complexity index is 542. The third kappa shape index (κ3) is 3.45. The lowest BCUT2D eigenvalue weighted by atomic mass is 10.2. The predicted molar refractivity (Wildman–Crippen MR) is 72.2 cm³/mol. The molecule has 0 radical (unpaired) electrons. The van der Waals surface area contributed by atoms with Crippen LogP contribution in [-0.2, 0) is 19.6 Å². The van der Waals surface area contributed by atoms with Crippen molar-refractivity contribution in [3.63, 3.8) is 0 Å². The van der Waals surface area contributed by atoms with Gasteiger partial charge in [-0.25, -0.2) is 0 Å². The SMILES string of the molecule is CCc1nc(COc2c(Cl)cccc2CNC)no1. The van der Waals surface area contributed by atoms with Crippen LogP contribution in [0.15, 0.2) is 22.7 Å². The van der Waals surface area contributed by atoms with Crippen LogP contribution in [0.3, 0.4) is 0 Å². The van der Waals surface area contributed by atoms with Crippen LogP contribution in [0.5, 0.6) is 5.75 Å². The van der Waals surface area contributed by atoms with Gasteiger partial charge in [-0.2, -0.15) is 4.98 Å². The van der Waals surface area contributed by atoms with Gasteiger partial charge in [0.15, 0.2) is 6.61 Å². The fourth-order valence-electron chi connectivity index (χ4n) is 1.67. The van der Waals surface area contributed by atoms with Crippen molar-refractivity contribution in [3.05, 3.63) is 40.5 Å². The first-order chi connectivity index (χ1) is 9.24. The van der Waals surface area contributed by atoms with E-state index in [1.807, 2.05) is 26.1 Å². The van der Waals surface area contributed by atoms with Gasteiger partial charge in [-0.1, -0.05) is 35.8 Å². The van der Waals surface area contributed by atoms with Gasteiger partial charge in [0, 0.05) is 18.5 Å². The third-order valence-electron chi connectivity index (χ3n) is 2.57. The summed E-state index contributed by atoms with van der Waals surface area (Å²) in [5.41, 5.74) is 0.995. The number of ether oxygens (including phenoxy) is 1. The first kappa shape index (κ1) is 13.8. The van der Waals surface area contributed by atoms with Crippen molar-refractivity contribution in [2.75, 3.05) is 7.05 Å². The van der Waals surface area contributed by atoms with E-state index in [-0.39, 0.29) is 6.61 Å². The van der Waals surface area contributed by atoms with E-state index in [4.69, 9.17) is 20.9 Å². The maximum atomic E-state index is 6.15. The van der Waals surface area contributed by atoms with Crippen LogP contribution in [0.25, 0.3) is 0 Å². The zero-order valence-electron chi connectivity index (χ0n) is 10.9. The van der Waals surface area contributed by atoms with Gasteiger partial charge >= 0.3 is 0 Å². The summed E-state index contributed by atoms with van der Waals surface area (Å²) in [6, 6.07) is 5.65. The lowest BCUT2D eigenvalue weighted by Gasteiger charge is -2.11. The number of hydrogen-bond donors (Lipinski definition) is 1. The summed E-state index contributed by atoms with van der Waals surface area (Å²) >= 11 is 6.15. The van der Waals surface area contributed by atoms with Crippen LogP contribution in [0.4, 0.5) is 0 Å². The van der Waals surface area contributed by atoms with Gasteiger partial charge in [-0.05, 0) is 13.1 Å². The van der Waals surface area contributed by atoms with Gasteiger partial charge in [0.25, 0.3) is 0 Å². The van der Waals surface area contributed by atoms with Gasteiger partial charge < -0.3 is 14.6 Å². The van der Waals surface area contributed by atoms with Crippen molar-refractivity contribution in [1.29, 1.82) is 0 Å². The second-order valence-corrected chi connectivity index (χ2v) is 4.41. The molecule has 2 aromatic rings. The van der Waals surface area contributed by atoms with Gasteiger partial charge in [-0.15, -0.1) is 0 Å². The largest absolute Gasteiger partial charge is 0.484 e. The monoisotopic (exact) mass is 281 g/mol.